The van der Waals surface area contributed by atoms with Crippen LogP contribution in [0.15, 0.2) is 76.2 Å². The molecule has 3 aromatic heterocycles. The van der Waals surface area contributed by atoms with Crippen LogP contribution in [0.4, 0.5) is 8.78 Å². The SMILES string of the molecule is O=c1n(Cc2cccc(F)c2)nc2c(-c3nc(-c4cccc(F)c4)no3)cccn12. The molecule has 0 aliphatic heterocycles. The second-order valence-corrected chi connectivity index (χ2v) is 6.62. The molecule has 3 heterocycles. The van der Waals surface area contributed by atoms with Crippen LogP contribution in [-0.4, -0.2) is 24.3 Å². The van der Waals surface area contributed by atoms with Gasteiger partial charge in [0, 0.05) is 11.8 Å². The number of hydrogen-bond donors (Lipinski definition) is 0. The third-order valence-corrected chi connectivity index (χ3v) is 4.57. The van der Waals surface area contributed by atoms with Crippen molar-refractivity contribution in [3.05, 3.63) is 94.5 Å². The Morgan fingerprint density at radius 2 is 1.77 bits per heavy atom. The summed E-state index contributed by atoms with van der Waals surface area (Å²) in [6, 6.07) is 15.1. The van der Waals surface area contributed by atoms with Crippen molar-refractivity contribution in [1.29, 1.82) is 0 Å². The van der Waals surface area contributed by atoms with Crippen LogP contribution in [-0.2, 0) is 6.54 Å². The van der Waals surface area contributed by atoms with Crippen molar-refractivity contribution in [2.75, 3.05) is 0 Å². The van der Waals surface area contributed by atoms with Gasteiger partial charge in [0.05, 0.1) is 12.1 Å². The lowest BCUT2D eigenvalue weighted by molar-refractivity contribution is 0.432. The molecular formula is C21H13F2N5O2. The maximum absolute atomic E-state index is 13.5. The van der Waals surface area contributed by atoms with Gasteiger partial charge in [-0.05, 0) is 42.0 Å². The summed E-state index contributed by atoms with van der Waals surface area (Å²) in [5, 5.41) is 8.27. The highest BCUT2D eigenvalue weighted by atomic mass is 19.1. The lowest BCUT2D eigenvalue weighted by Crippen LogP contribution is -2.21. The van der Waals surface area contributed by atoms with Crippen LogP contribution >= 0.6 is 0 Å². The van der Waals surface area contributed by atoms with E-state index in [0.717, 1.165) is 0 Å². The second-order valence-electron chi connectivity index (χ2n) is 6.62. The lowest BCUT2D eigenvalue weighted by atomic mass is 10.2. The average Bonchev–Trinajstić information content (AvgIpc) is 3.34. The average molecular weight is 405 g/mol. The first-order valence-corrected chi connectivity index (χ1v) is 9.01. The number of benzene rings is 2. The van der Waals surface area contributed by atoms with E-state index in [4.69, 9.17) is 4.52 Å². The number of rotatable bonds is 4. The molecule has 30 heavy (non-hydrogen) atoms. The van der Waals surface area contributed by atoms with Gasteiger partial charge in [-0.2, -0.15) is 4.98 Å². The Kier molecular flexibility index (Phi) is 4.20. The number of aromatic nitrogens is 5. The molecule has 5 aromatic rings. The molecule has 0 atom stereocenters. The van der Waals surface area contributed by atoms with E-state index < -0.39 is 5.82 Å². The van der Waals surface area contributed by atoms with Gasteiger partial charge in [0.15, 0.2) is 5.65 Å². The molecule has 0 fully saturated rings. The second kappa shape index (κ2) is 7.03. The van der Waals surface area contributed by atoms with Crippen molar-refractivity contribution in [1.82, 2.24) is 24.3 Å². The van der Waals surface area contributed by atoms with Crippen molar-refractivity contribution in [2.24, 2.45) is 0 Å². The lowest BCUT2D eigenvalue weighted by Gasteiger charge is -1.99. The third-order valence-electron chi connectivity index (χ3n) is 4.57. The molecule has 0 amide bonds. The van der Waals surface area contributed by atoms with Gasteiger partial charge in [-0.25, -0.2) is 22.7 Å². The smallest absolute Gasteiger partial charge is 0.333 e. The largest absolute Gasteiger partial charge is 0.350 e. The van der Waals surface area contributed by atoms with Gasteiger partial charge < -0.3 is 4.52 Å². The highest BCUT2D eigenvalue weighted by molar-refractivity contribution is 5.72. The molecule has 0 saturated carbocycles. The molecule has 7 nitrogen and oxygen atoms in total. The molecular weight excluding hydrogens is 392 g/mol. The van der Waals surface area contributed by atoms with Crippen molar-refractivity contribution in [3.63, 3.8) is 0 Å². The Balaban J connectivity index is 1.57. The van der Waals surface area contributed by atoms with Crippen LogP contribution in [0, 0.1) is 11.6 Å². The number of halogens is 2. The predicted molar refractivity (Wildman–Crippen MR) is 104 cm³/mol. The molecule has 2 aromatic carbocycles. The first-order chi connectivity index (χ1) is 14.6. The number of nitrogens with zero attached hydrogens (tertiary/aromatic N) is 5. The van der Waals surface area contributed by atoms with Crippen LogP contribution in [0.3, 0.4) is 0 Å². The highest BCUT2D eigenvalue weighted by Crippen LogP contribution is 2.24. The third kappa shape index (κ3) is 3.16. The zero-order valence-corrected chi connectivity index (χ0v) is 15.4. The topological polar surface area (TPSA) is 78.2 Å². The van der Waals surface area contributed by atoms with Gasteiger partial charge in [0.25, 0.3) is 5.89 Å². The van der Waals surface area contributed by atoms with E-state index in [1.165, 1.54) is 33.3 Å². The minimum atomic E-state index is -0.413. The predicted octanol–water partition coefficient (Wildman–Crippen LogP) is 3.54. The van der Waals surface area contributed by atoms with Gasteiger partial charge >= 0.3 is 5.69 Å². The number of fused-ring (bicyclic) bond motifs is 1. The van der Waals surface area contributed by atoms with Gasteiger partial charge in [-0.1, -0.05) is 29.4 Å². The molecule has 0 bridgehead atoms. The summed E-state index contributed by atoms with van der Waals surface area (Å²) in [6.45, 7) is 0.107. The molecule has 0 radical (unpaired) electrons. The molecule has 0 unspecified atom stereocenters. The van der Waals surface area contributed by atoms with Gasteiger partial charge in [-0.15, -0.1) is 5.10 Å². The van der Waals surface area contributed by atoms with Crippen LogP contribution < -0.4 is 5.69 Å². The summed E-state index contributed by atoms with van der Waals surface area (Å²) in [6.07, 6.45) is 1.57. The Morgan fingerprint density at radius 3 is 2.57 bits per heavy atom. The van der Waals surface area contributed by atoms with Crippen molar-refractivity contribution in [2.45, 2.75) is 6.54 Å². The fraction of sp³-hybridized carbons (Fsp3) is 0.0476. The normalized spacial score (nSPS) is 11.3. The number of hydrogen-bond acceptors (Lipinski definition) is 5. The summed E-state index contributed by atoms with van der Waals surface area (Å²) < 4.78 is 34.9. The zero-order valence-electron chi connectivity index (χ0n) is 15.4. The van der Waals surface area contributed by atoms with Crippen LogP contribution in [0.25, 0.3) is 28.5 Å². The fourth-order valence-corrected chi connectivity index (χ4v) is 3.19. The molecule has 5 rings (SSSR count). The van der Waals surface area contributed by atoms with E-state index in [9.17, 15) is 13.6 Å². The molecule has 0 aliphatic rings. The molecule has 9 heteroatoms. The quantitative estimate of drug-likeness (QED) is 0.457. The van der Waals surface area contributed by atoms with E-state index in [1.807, 2.05) is 0 Å². The monoisotopic (exact) mass is 405 g/mol. The molecule has 0 N–H and O–H groups in total. The van der Waals surface area contributed by atoms with Crippen LogP contribution in [0.2, 0.25) is 0 Å². The first-order valence-electron chi connectivity index (χ1n) is 9.01. The van der Waals surface area contributed by atoms with Gasteiger partial charge in [-0.3, -0.25) is 0 Å². The van der Waals surface area contributed by atoms with Crippen LogP contribution in [0.5, 0.6) is 0 Å². The van der Waals surface area contributed by atoms with E-state index in [0.29, 0.717) is 22.3 Å². The summed E-state index contributed by atoms with van der Waals surface area (Å²) >= 11 is 0. The van der Waals surface area contributed by atoms with E-state index in [-0.39, 0.29) is 29.8 Å². The van der Waals surface area contributed by atoms with E-state index >= 15 is 0 Å². The first kappa shape index (κ1) is 17.9. The number of pyridine rings is 1. The highest BCUT2D eigenvalue weighted by Gasteiger charge is 2.18. The summed E-state index contributed by atoms with van der Waals surface area (Å²) in [7, 11) is 0. The maximum Gasteiger partial charge on any atom is 0.350 e. The Bertz CT molecular complexity index is 1440. The summed E-state index contributed by atoms with van der Waals surface area (Å²) in [5.41, 5.74) is 1.44. The van der Waals surface area contributed by atoms with Gasteiger partial charge in [0.2, 0.25) is 5.82 Å². The molecule has 0 spiro atoms. The zero-order chi connectivity index (χ0) is 20.7. The molecule has 148 valence electrons. The summed E-state index contributed by atoms with van der Waals surface area (Å²) in [5.74, 6) is -0.444. The Labute approximate surface area is 167 Å². The fourth-order valence-electron chi connectivity index (χ4n) is 3.19. The van der Waals surface area contributed by atoms with E-state index in [2.05, 4.69) is 15.2 Å². The van der Waals surface area contributed by atoms with Crippen molar-refractivity contribution < 1.29 is 13.3 Å². The Morgan fingerprint density at radius 1 is 0.967 bits per heavy atom. The minimum absolute atomic E-state index is 0.107. The van der Waals surface area contributed by atoms with Crippen LogP contribution in [0.1, 0.15) is 5.56 Å². The summed E-state index contributed by atoms with van der Waals surface area (Å²) in [4.78, 5) is 17.0. The maximum atomic E-state index is 13.5. The molecule has 0 saturated heterocycles. The standard InChI is InChI=1S/C21H13F2N5O2/c22-15-6-1-4-13(10-15)12-28-21(29)27-9-3-8-17(19(27)25-28)20-24-18(26-30-20)14-5-2-7-16(23)11-14/h1-11H,12H2. The van der Waals surface area contributed by atoms with Crippen molar-refractivity contribution in [3.8, 4) is 22.8 Å². The Hall–Kier alpha value is -4.14. The van der Waals surface area contributed by atoms with Crippen molar-refractivity contribution >= 4 is 5.65 Å². The minimum Gasteiger partial charge on any atom is -0.333 e. The molecule has 0 aliphatic carbocycles. The van der Waals surface area contributed by atoms with E-state index in [1.54, 1.807) is 42.6 Å². The van der Waals surface area contributed by atoms with Gasteiger partial charge in [0.1, 0.15) is 11.6 Å².